The molecule has 0 aliphatic rings. The fourth-order valence-corrected chi connectivity index (χ4v) is 1.77. The van der Waals surface area contributed by atoms with Crippen LogP contribution in [0.25, 0.3) is 0 Å². The predicted molar refractivity (Wildman–Crippen MR) is 80.4 cm³/mol. The summed E-state index contributed by atoms with van der Waals surface area (Å²) in [7, 11) is 1.58. The van der Waals surface area contributed by atoms with Gasteiger partial charge in [0.1, 0.15) is 0 Å². The number of anilines is 2. The van der Waals surface area contributed by atoms with Crippen molar-refractivity contribution in [3.8, 4) is 0 Å². The van der Waals surface area contributed by atoms with Crippen LogP contribution in [0.4, 0.5) is 11.4 Å². The van der Waals surface area contributed by atoms with Crippen LogP contribution in [0.3, 0.4) is 0 Å². The molecule has 2 amide bonds. The molecule has 6 heteroatoms. The molecule has 1 aromatic carbocycles. The lowest BCUT2D eigenvalue weighted by atomic mass is 10.2. The van der Waals surface area contributed by atoms with Crippen LogP contribution in [0.1, 0.15) is 17.3 Å². The van der Waals surface area contributed by atoms with Gasteiger partial charge < -0.3 is 15.2 Å². The first-order valence-electron chi connectivity index (χ1n) is 6.31. The van der Waals surface area contributed by atoms with Gasteiger partial charge in [0.05, 0.1) is 5.56 Å². The van der Waals surface area contributed by atoms with Crippen LogP contribution in [0, 0.1) is 0 Å². The Bertz CT molecular complexity index is 733. The Morgan fingerprint density at radius 2 is 1.52 bits per heavy atom. The summed E-state index contributed by atoms with van der Waals surface area (Å²) in [6.45, 7) is 1.43. The molecular formula is C15H15N3O3. The molecule has 2 rings (SSSR count). The second-order valence-electron chi connectivity index (χ2n) is 4.58. The van der Waals surface area contributed by atoms with E-state index in [9.17, 15) is 14.4 Å². The molecule has 0 aliphatic carbocycles. The van der Waals surface area contributed by atoms with Gasteiger partial charge in [-0.2, -0.15) is 0 Å². The van der Waals surface area contributed by atoms with Gasteiger partial charge in [-0.05, 0) is 30.3 Å². The molecule has 0 bridgehead atoms. The van der Waals surface area contributed by atoms with Crippen molar-refractivity contribution < 1.29 is 9.59 Å². The number of benzene rings is 1. The van der Waals surface area contributed by atoms with Crippen LogP contribution in [-0.4, -0.2) is 16.4 Å². The highest BCUT2D eigenvalue weighted by molar-refractivity contribution is 6.04. The highest BCUT2D eigenvalue weighted by atomic mass is 16.2. The number of carbonyl (C=O) groups is 2. The lowest BCUT2D eigenvalue weighted by Gasteiger charge is -2.07. The summed E-state index contributed by atoms with van der Waals surface area (Å²) >= 11 is 0. The van der Waals surface area contributed by atoms with Crippen molar-refractivity contribution in [2.24, 2.45) is 7.05 Å². The zero-order chi connectivity index (χ0) is 15.4. The van der Waals surface area contributed by atoms with E-state index in [0.717, 1.165) is 0 Å². The molecule has 0 spiro atoms. The van der Waals surface area contributed by atoms with E-state index in [0.29, 0.717) is 16.9 Å². The van der Waals surface area contributed by atoms with E-state index in [1.165, 1.54) is 29.8 Å². The zero-order valence-electron chi connectivity index (χ0n) is 11.7. The van der Waals surface area contributed by atoms with Gasteiger partial charge in [-0.25, -0.2) is 0 Å². The Labute approximate surface area is 121 Å². The van der Waals surface area contributed by atoms with Gasteiger partial charge in [0.25, 0.3) is 5.91 Å². The Hall–Kier alpha value is -2.89. The zero-order valence-corrected chi connectivity index (χ0v) is 11.7. The summed E-state index contributed by atoms with van der Waals surface area (Å²) < 4.78 is 1.34. The van der Waals surface area contributed by atoms with E-state index in [2.05, 4.69) is 10.6 Å². The highest BCUT2D eigenvalue weighted by Crippen LogP contribution is 2.14. The van der Waals surface area contributed by atoms with Gasteiger partial charge in [-0.1, -0.05) is 0 Å². The monoisotopic (exact) mass is 285 g/mol. The van der Waals surface area contributed by atoms with Crippen molar-refractivity contribution in [1.29, 1.82) is 0 Å². The molecule has 0 fully saturated rings. The van der Waals surface area contributed by atoms with Crippen LogP contribution in [0.5, 0.6) is 0 Å². The van der Waals surface area contributed by atoms with Gasteiger partial charge >= 0.3 is 0 Å². The van der Waals surface area contributed by atoms with E-state index < -0.39 is 0 Å². The molecule has 2 aromatic rings. The van der Waals surface area contributed by atoms with Crippen molar-refractivity contribution in [1.82, 2.24) is 4.57 Å². The molecule has 0 aliphatic heterocycles. The highest BCUT2D eigenvalue weighted by Gasteiger charge is 2.07. The SMILES string of the molecule is CC(=O)Nc1ccc(NC(=O)c2ccc(=O)n(C)c2)cc1. The molecule has 0 unspecified atom stereocenters. The molecule has 0 saturated heterocycles. The molecular weight excluding hydrogens is 270 g/mol. The maximum Gasteiger partial charge on any atom is 0.257 e. The normalized spacial score (nSPS) is 10.0. The second kappa shape index (κ2) is 6.04. The van der Waals surface area contributed by atoms with Crippen molar-refractivity contribution in [3.05, 3.63) is 58.5 Å². The smallest absolute Gasteiger partial charge is 0.257 e. The summed E-state index contributed by atoms with van der Waals surface area (Å²) in [6, 6.07) is 9.57. The third-order valence-electron chi connectivity index (χ3n) is 2.81. The van der Waals surface area contributed by atoms with Crippen LogP contribution >= 0.6 is 0 Å². The average Bonchev–Trinajstić information content (AvgIpc) is 2.43. The van der Waals surface area contributed by atoms with E-state index in [1.807, 2.05) is 0 Å². The Kier molecular flexibility index (Phi) is 4.18. The predicted octanol–water partition coefficient (Wildman–Crippen LogP) is 1.60. The number of carbonyl (C=O) groups excluding carboxylic acids is 2. The molecule has 0 saturated carbocycles. The number of nitrogens with zero attached hydrogens (tertiary/aromatic N) is 1. The average molecular weight is 285 g/mol. The van der Waals surface area contributed by atoms with Crippen LogP contribution in [0.2, 0.25) is 0 Å². The number of amides is 2. The van der Waals surface area contributed by atoms with Crippen LogP contribution in [-0.2, 0) is 11.8 Å². The summed E-state index contributed by atoms with van der Waals surface area (Å²) in [4.78, 5) is 34.2. The Balaban J connectivity index is 2.10. The molecule has 0 radical (unpaired) electrons. The number of aromatic nitrogens is 1. The van der Waals surface area contributed by atoms with Crippen molar-refractivity contribution in [2.45, 2.75) is 6.92 Å². The first-order chi connectivity index (χ1) is 9.95. The Morgan fingerprint density at radius 1 is 0.952 bits per heavy atom. The molecule has 1 heterocycles. The quantitative estimate of drug-likeness (QED) is 0.898. The summed E-state index contributed by atoms with van der Waals surface area (Å²) in [5.74, 6) is -0.463. The summed E-state index contributed by atoms with van der Waals surface area (Å²) in [5, 5.41) is 5.36. The number of aryl methyl sites for hydroxylation is 1. The molecule has 108 valence electrons. The van der Waals surface area contributed by atoms with E-state index >= 15 is 0 Å². The fraction of sp³-hybridized carbons (Fsp3) is 0.133. The lowest BCUT2D eigenvalue weighted by molar-refractivity contribution is -0.114. The largest absolute Gasteiger partial charge is 0.326 e. The first kappa shape index (κ1) is 14.5. The number of pyridine rings is 1. The lowest BCUT2D eigenvalue weighted by Crippen LogP contribution is -2.19. The maximum atomic E-state index is 12.0. The standard InChI is InChI=1S/C15H15N3O3/c1-10(19)16-12-4-6-13(7-5-12)17-15(21)11-3-8-14(20)18(2)9-11/h3-9H,1-2H3,(H,16,19)(H,17,21). The van der Waals surface area contributed by atoms with Gasteiger partial charge in [0.15, 0.2) is 0 Å². The van der Waals surface area contributed by atoms with Gasteiger partial charge in [-0.15, -0.1) is 0 Å². The maximum absolute atomic E-state index is 12.0. The minimum absolute atomic E-state index is 0.156. The minimum atomic E-state index is -0.308. The number of nitrogens with one attached hydrogen (secondary N) is 2. The molecule has 2 N–H and O–H groups in total. The van der Waals surface area contributed by atoms with Crippen molar-refractivity contribution >= 4 is 23.2 Å². The fourth-order valence-electron chi connectivity index (χ4n) is 1.77. The molecule has 21 heavy (non-hydrogen) atoms. The first-order valence-corrected chi connectivity index (χ1v) is 6.31. The Morgan fingerprint density at radius 3 is 2.05 bits per heavy atom. The second-order valence-corrected chi connectivity index (χ2v) is 4.58. The molecule has 6 nitrogen and oxygen atoms in total. The molecule has 0 atom stereocenters. The molecule has 1 aromatic heterocycles. The third-order valence-corrected chi connectivity index (χ3v) is 2.81. The van der Waals surface area contributed by atoms with Crippen molar-refractivity contribution in [2.75, 3.05) is 10.6 Å². The summed E-state index contributed by atoms with van der Waals surface area (Å²) in [5.41, 5.74) is 1.47. The number of rotatable bonds is 3. The summed E-state index contributed by atoms with van der Waals surface area (Å²) in [6.07, 6.45) is 1.48. The minimum Gasteiger partial charge on any atom is -0.326 e. The van der Waals surface area contributed by atoms with Gasteiger partial charge in [-0.3, -0.25) is 14.4 Å². The van der Waals surface area contributed by atoms with Crippen LogP contribution < -0.4 is 16.2 Å². The van der Waals surface area contributed by atoms with E-state index in [4.69, 9.17) is 0 Å². The van der Waals surface area contributed by atoms with Gasteiger partial charge in [0.2, 0.25) is 11.5 Å². The van der Waals surface area contributed by atoms with Gasteiger partial charge in [0, 0.05) is 37.6 Å². The third kappa shape index (κ3) is 3.79. The van der Waals surface area contributed by atoms with Crippen molar-refractivity contribution in [3.63, 3.8) is 0 Å². The van der Waals surface area contributed by atoms with E-state index in [1.54, 1.807) is 31.3 Å². The number of hydrogen-bond acceptors (Lipinski definition) is 3. The van der Waals surface area contributed by atoms with Crippen LogP contribution in [0.15, 0.2) is 47.4 Å². The number of hydrogen-bond donors (Lipinski definition) is 2. The van der Waals surface area contributed by atoms with E-state index in [-0.39, 0.29) is 17.4 Å². The topological polar surface area (TPSA) is 80.2 Å².